The van der Waals surface area contributed by atoms with Crippen LogP contribution in [0.5, 0.6) is 0 Å². The zero-order valence-corrected chi connectivity index (χ0v) is 11.2. The average Bonchev–Trinajstić information content (AvgIpc) is 2.83. The van der Waals surface area contributed by atoms with Crippen LogP contribution in [0.15, 0.2) is 36.7 Å². The van der Waals surface area contributed by atoms with Gasteiger partial charge >= 0.3 is 0 Å². The minimum Gasteiger partial charge on any atom is -0.319 e. The van der Waals surface area contributed by atoms with Gasteiger partial charge in [-0.25, -0.2) is 0 Å². The van der Waals surface area contributed by atoms with Gasteiger partial charge < -0.3 is 9.88 Å². The number of nitrogens with one attached hydrogen (secondary N) is 1. The van der Waals surface area contributed by atoms with Gasteiger partial charge in [-0.3, -0.25) is 0 Å². The maximum atomic E-state index is 4.15. The zero-order valence-electron chi connectivity index (χ0n) is 11.2. The van der Waals surface area contributed by atoms with Crippen LogP contribution in [0.4, 0.5) is 0 Å². The molecule has 2 atom stereocenters. The standard InChI is InChI=1S/C14H20N4/c1-4-13(12-8-6-5-7-9-12)16-11(2)14-17-15-10-18(14)3/h5-11,13,16H,4H2,1-3H3. The largest absolute Gasteiger partial charge is 0.319 e. The van der Waals surface area contributed by atoms with E-state index < -0.39 is 0 Å². The number of nitrogens with zero attached hydrogens (tertiary/aromatic N) is 3. The zero-order chi connectivity index (χ0) is 13.0. The molecule has 2 aromatic rings. The van der Waals surface area contributed by atoms with Crippen LogP contribution in [0.1, 0.15) is 43.7 Å². The molecular weight excluding hydrogens is 224 g/mol. The summed E-state index contributed by atoms with van der Waals surface area (Å²) in [6.07, 6.45) is 2.78. The van der Waals surface area contributed by atoms with Crippen LogP contribution in [0.2, 0.25) is 0 Å². The van der Waals surface area contributed by atoms with Gasteiger partial charge in [-0.2, -0.15) is 0 Å². The molecule has 0 saturated carbocycles. The first-order chi connectivity index (χ1) is 8.72. The first kappa shape index (κ1) is 12.8. The summed E-state index contributed by atoms with van der Waals surface area (Å²) in [5, 5.41) is 11.7. The molecule has 2 unspecified atom stereocenters. The van der Waals surface area contributed by atoms with Gasteiger partial charge in [0, 0.05) is 13.1 Å². The smallest absolute Gasteiger partial charge is 0.149 e. The van der Waals surface area contributed by atoms with Crippen molar-refractivity contribution >= 4 is 0 Å². The van der Waals surface area contributed by atoms with E-state index in [1.807, 2.05) is 17.7 Å². The number of rotatable bonds is 5. The Morgan fingerprint density at radius 3 is 2.56 bits per heavy atom. The van der Waals surface area contributed by atoms with Crippen LogP contribution in [-0.2, 0) is 7.05 Å². The molecule has 1 aromatic carbocycles. The Morgan fingerprint density at radius 1 is 1.28 bits per heavy atom. The highest BCUT2D eigenvalue weighted by atomic mass is 15.3. The van der Waals surface area contributed by atoms with Gasteiger partial charge in [0.15, 0.2) is 0 Å². The third-order valence-electron chi connectivity index (χ3n) is 3.20. The molecule has 1 aromatic heterocycles. The van der Waals surface area contributed by atoms with Crippen LogP contribution < -0.4 is 5.32 Å². The Hall–Kier alpha value is -1.68. The third kappa shape index (κ3) is 2.76. The lowest BCUT2D eigenvalue weighted by molar-refractivity contribution is 0.434. The predicted molar refractivity (Wildman–Crippen MR) is 72.0 cm³/mol. The van der Waals surface area contributed by atoms with E-state index in [0.717, 1.165) is 12.2 Å². The van der Waals surface area contributed by atoms with E-state index in [-0.39, 0.29) is 6.04 Å². The number of aryl methyl sites for hydroxylation is 1. The van der Waals surface area contributed by atoms with E-state index in [2.05, 4.69) is 53.6 Å². The minimum atomic E-state index is 0.183. The van der Waals surface area contributed by atoms with Crippen LogP contribution >= 0.6 is 0 Å². The third-order valence-corrected chi connectivity index (χ3v) is 3.20. The van der Waals surface area contributed by atoms with E-state index in [4.69, 9.17) is 0 Å². The van der Waals surface area contributed by atoms with Crippen molar-refractivity contribution in [3.63, 3.8) is 0 Å². The van der Waals surface area contributed by atoms with Gasteiger partial charge in [0.1, 0.15) is 12.2 Å². The fourth-order valence-electron chi connectivity index (χ4n) is 2.20. The first-order valence-electron chi connectivity index (χ1n) is 6.37. The molecule has 0 radical (unpaired) electrons. The Balaban J connectivity index is 2.10. The highest BCUT2D eigenvalue weighted by molar-refractivity contribution is 5.19. The maximum Gasteiger partial charge on any atom is 0.149 e. The summed E-state index contributed by atoms with van der Waals surface area (Å²) in [5.74, 6) is 0.962. The van der Waals surface area contributed by atoms with Crippen molar-refractivity contribution in [2.45, 2.75) is 32.4 Å². The van der Waals surface area contributed by atoms with E-state index in [0.29, 0.717) is 6.04 Å². The van der Waals surface area contributed by atoms with Crippen molar-refractivity contribution in [2.24, 2.45) is 7.05 Å². The summed E-state index contributed by atoms with van der Waals surface area (Å²) in [6, 6.07) is 11.0. The highest BCUT2D eigenvalue weighted by Crippen LogP contribution is 2.20. The van der Waals surface area contributed by atoms with E-state index in [1.54, 1.807) is 6.33 Å². The lowest BCUT2D eigenvalue weighted by atomic mass is 10.0. The molecule has 0 spiro atoms. The normalized spacial score (nSPS) is 14.4. The summed E-state index contributed by atoms with van der Waals surface area (Å²) in [7, 11) is 1.97. The molecule has 0 aliphatic carbocycles. The summed E-state index contributed by atoms with van der Waals surface area (Å²) < 4.78 is 1.95. The van der Waals surface area contributed by atoms with Crippen LogP contribution in [-0.4, -0.2) is 14.8 Å². The van der Waals surface area contributed by atoms with Gasteiger partial charge in [-0.05, 0) is 18.9 Å². The van der Waals surface area contributed by atoms with E-state index >= 15 is 0 Å². The van der Waals surface area contributed by atoms with Crippen molar-refractivity contribution in [1.82, 2.24) is 20.1 Å². The monoisotopic (exact) mass is 244 g/mol. The quantitative estimate of drug-likeness (QED) is 0.879. The molecular formula is C14H20N4. The Kier molecular flexibility index (Phi) is 4.10. The lowest BCUT2D eigenvalue weighted by Gasteiger charge is -2.22. The highest BCUT2D eigenvalue weighted by Gasteiger charge is 2.16. The summed E-state index contributed by atoms with van der Waals surface area (Å²) >= 11 is 0. The van der Waals surface area contributed by atoms with Crippen molar-refractivity contribution in [3.8, 4) is 0 Å². The van der Waals surface area contributed by atoms with Crippen molar-refractivity contribution in [3.05, 3.63) is 48.0 Å². The molecule has 96 valence electrons. The second-order valence-corrected chi connectivity index (χ2v) is 4.56. The van der Waals surface area contributed by atoms with Gasteiger partial charge in [-0.15, -0.1) is 10.2 Å². The average molecular weight is 244 g/mol. The van der Waals surface area contributed by atoms with E-state index in [9.17, 15) is 0 Å². The van der Waals surface area contributed by atoms with Gasteiger partial charge in [0.2, 0.25) is 0 Å². The molecule has 0 fully saturated rings. The summed E-state index contributed by atoms with van der Waals surface area (Å²) in [6.45, 7) is 4.31. The first-order valence-corrected chi connectivity index (χ1v) is 6.37. The molecule has 0 aliphatic rings. The molecule has 2 rings (SSSR count). The molecule has 4 nitrogen and oxygen atoms in total. The van der Waals surface area contributed by atoms with E-state index in [1.165, 1.54) is 5.56 Å². The topological polar surface area (TPSA) is 42.7 Å². The van der Waals surface area contributed by atoms with Gasteiger partial charge in [0.25, 0.3) is 0 Å². The summed E-state index contributed by atoms with van der Waals surface area (Å²) in [4.78, 5) is 0. The number of hydrogen-bond donors (Lipinski definition) is 1. The van der Waals surface area contributed by atoms with Crippen molar-refractivity contribution in [2.75, 3.05) is 0 Å². The Bertz CT molecular complexity index is 478. The number of benzene rings is 1. The molecule has 1 heterocycles. The Morgan fingerprint density at radius 2 is 2.00 bits per heavy atom. The molecule has 1 N–H and O–H groups in total. The fourth-order valence-corrected chi connectivity index (χ4v) is 2.20. The number of hydrogen-bond acceptors (Lipinski definition) is 3. The number of aromatic nitrogens is 3. The van der Waals surface area contributed by atoms with Gasteiger partial charge in [0.05, 0.1) is 6.04 Å². The summed E-state index contributed by atoms with van der Waals surface area (Å²) in [5.41, 5.74) is 1.31. The minimum absolute atomic E-state index is 0.183. The molecule has 0 amide bonds. The van der Waals surface area contributed by atoms with Crippen LogP contribution in [0.25, 0.3) is 0 Å². The predicted octanol–water partition coefficient (Wildman–Crippen LogP) is 2.62. The van der Waals surface area contributed by atoms with Crippen LogP contribution in [0.3, 0.4) is 0 Å². The Labute approximate surface area is 108 Å². The second-order valence-electron chi connectivity index (χ2n) is 4.56. The van der Waals surface area contributed by atoms with Crippen LogP contribution in [0, 0.1) is 0 Å². The van der Waals surface area contributed by atoms with Crippen molar-refractivity contribution in [1.29, 1.82) is 0 Å². The van der Waals surface area contributed by atoms with Crippen molar-refractivity contribution < 1.29 is 0 Å². The molecule has 0 aliphatic heterocycles. The fraction of sp³-hybridized carbons (Fsp3) is 0.429. The lowest BCUT2D eigenvalue weighted by Crippen LogP contribution is -2.26. The maximum absolute atomic E-state index is 4.15. The van der Waals surface area contributed by atoms with Gasteiger partial charge in [-0.1, -0.05) is 37.3 Å². The SMILES string of the molecule is CCC(NC(C)c1nncn1C)c1ccccc1. The molecule has 4 heteroatoms. The molecule has 0 saturated heterocycles. The second kappa shape index (κ2) is 5.78. The molecule has 0 bridgehead atoms. The molecule has 18 heavy (non-hydrogen) atoms.